The van der Waals surface area contributed by atoms with Crippen molar-refractivity contribution in [1.29, 1.82) is 0 Å². The molecule has 0 aromatic rings. The average Bonchev–Trinajstić information content (AvgIpc) is 2.09. The molecule has 12 heavy (non-hydrogen) atoms. The van der Waals surface area contributed by atoms with Gasteiger partial charge in [-0.2, -0.15) is 0 Å². The van der Waals surface area contributed by atoms with Crippen LogP contribution < -0.4 is 0 Å². The number of allylic oxidation sites excluding steroid dienone is 2. The zero-order valence-electron chi connectivity index (χ0n) is 8.54. The zero-order chi connectivity index (χ0) is 9.14. The first-order valence-corrected chi connectivity index (χ1v) is 4.73. The molecule has 0 aliphatic carbocycles. The first kappa shape index (κ1) is 9.30. The number of hydrogen-bond acceptors (Lipinski definition) is 1. The van der Waals surface area contributed by atoms with Crippen LogP contribution in [0.15, 0.2) is 11.8 Å². The van der Waals surface area contributed by atoms with Crippen molar-refractivity contribution in [3.05, 3.63) is 11.8 Å². The number of nitrogens with zero attached hydrogens (tertiary/aromatic N) is 2. The molecule has 1 aliphatic heterocycles. The van der Waals surface area contributed by atoms with Crippen molar-refractivity contribution in [2.24, 2.45) is 0 Å². The first-order chi connectivity index (χ1) is 5.70. The van der Waals surface area contributed by atoms with Crippen molar-refractivity contribution in [3.63, 3.8) is 0 Å². The van der Waals surface area contributed by atoms with E-state index in [0.717, 1.165) is 13.0 Å². The highest BCUT2D eigenvalue weighted by Crippen LogP contribution is 2.15. The van der Waals surface area contributed by atoms with E-state index in [2.05, 4.69) is 49.6 Å². The Morgan fingerprint density at radius 1 is 1.50 bits per heavy atom. The van der Waals surface area contributed by atoms with Crippen LogP contribution in [0, 0.1) is 0 Å². The summed E-state index contributed by atoms with van der Waals surface area (Å²) in [4.78, 5) is 2.43. The van der Waals surface area contributed by atoms with Gasteiger partial charge in [0.1, 0.15) is 7.05 Å². The minimum atomic E-state index is 0.509. The molecule has 1 atom stereocenters. The molecule has 0 fully saturated rings. The Kier molecular flexibility index (Phi) is 2.90. The molecule has 1 rings (SSSR count). The summed E-state index contributed by atoms with van der Waals surface area (Å²) >= 11 is 0. The average molecular weight is 167 g/mol. The van der Waals surface area contributed by atoms with Crippen LogP contribution in [0.1, 0.15) is 27.2 Å². The third-order valence-corrected chi connectivity index (χ3v) is 2.61. The van der Waals surface area contributed by atoms with Gasteiger partial charge in [-0.1, -0.05) is 6.92 Å². The number of rotatable bonds is 2. The summed E-state index contributed by atoms with van der Waals surface area (Å²) in [6, 6.07) is 0. The maximum atomic E-state index is 2.43. The molecule has 0 saturated carbocycles. The Morgan fingerprint density at radius 3 is 2.67 bits per heavy atom. The predicted octanol–water partition coefficient (Wildman–Crippen LogP) is 1.67. The lowest BCUT2D eigenvalue weighted by atomic mass is 10.2. The highest BCUT2D eigenvalue weighted by molar-refractivity contribution is 5.68. The minimum Gasteiger partial charge on any atom is -0.319 e. The van der Waals surface area contributed by atoms with Crippen LogP contribution >= 0.6 is 0 Å². The monoisotopic (exact) mass is 167 g/mol. The second-order valence-electron chi connectivity index (χ2n) is 3.24. The van der Waals surface area contributed by atoms with Crippen LogP contribution in [0.5, 0.6) is 0 Å². The topological polar surface area (TPSA) is 6.25 Å². The lowest BCUT2D eigenvalue weighted by molar-refractivity contribution is -0.555. The molecule has 0 amide bonds. The largest absolute Gasteiger partial charge is 0.319 e. The van der Waals surface area contributed by atoms with Gasteiger partial charge in [0, 0.05) is 25.2 Å². The molecule has 0 aromatic carbocycles. The van der Waals surface area contributed by atoms with E-state index >= 15 is 0 Å². The van der Waals surface area contributed by atoms with Crippen LogP contribution in [0.4, 0.5) is 0 Å². The van der Waals surface area contributed by atoms with Gasteiger partial charge >= 0.3 is 0 Å². The van der Waals surface area contributed by atoms with Gasteiger partial charge in [-0.3, -0.25) is 0 Å². The van der Waals surface area contributed by atoms with Crippen molar-refractivity contribution in [1.82, 2.24) is 4.90 Å². The molecular weight excluding hydrogens is 148 g/mol. The fraction of sp³-hybridized carbons (Fsp3) is 0.700. The summed E-state index contributed by atoms with van der Waals surface area (Å²) in [6.07, 6.45) is 6.01. The van der Waals surface area contributed by atoms with E-state index in [0.29, 0.717) is 6.17 Å². The minimum absolute atomic E-state index is 0.509. The zero-order valence-corrected chi connectivity index (χ0v) is 8.54. The summed E-state index contributed by atoms with van der Waals surface area (Å²) in [5.74, 6) is 0. The second-order valence-corrected chi connectivity index (χ2v) is 3.24. The molecular formula is C10H19N2+. The summed E-state index contributed by atoms with van der Waals surface area (Å²) < 4.78 is 2.24. The van der Waals surface area contributed by atoms with E-state index in [9.17, 15) is 0 Å². The highest BCUT2D eigenvalue weighted by atomic mass is 15.3. The normalized spacial score (nSPS) is 23.7. The molecule has 0 N–H and O–H groups in total. The smallest absolute Gasteiger partial charge is 0.225 e. The Hall–Kier alpha value is -0.790. The van der Waals surface area contributed by atoms with E-state index in [1.165, 1.54) is 5.70 Å². The first-order valence-electron chi connectivity index (χ1n) is 4.73. The molecule has 1 aliphatic rings. The van der Waals surface area contributed by atoms with Gasteiger partial charge in [0.15, 0.2) is 6.21 Å². The van der Waals surface area contributed by atoms with Crippen LogP contribution in [0.2, 0.25) is 0 Å². The van der Waals surface area contributed by atoms with Crippen LogP contribution in [0.25, 0.3) is 0 Å². The molecule has 1 heterocycles. The summed E-state index contributed by atoms with van der Waals surface area (Å²) in [5, 5.41) is 0. The van der Waals surface area contributed by atoms with E-state index in [-0.39, 0.29) is 0 Å². The van der Waals surface area contributed by atoms with Crippen molar-refractivity contribution in [2.45, 2.75) is 33.4 Å². The Balaban J connectivity index is 2.85. The molecule has 2 heteroatoms. The van der Waals surface area contributed by atoms with Gasteiger partial charge < -0.3 is 4.90 Å². The van der Waals surface area contributed by atoms with Gasteiger partial charge in [-0.05, 0) is 13.3 Å². The SMILES string of the molecule is CCC1=CC=[N+](C)C(C)N1CC. The van der Waals surface area contributed by atoms with Crippen LogP contribution in [-0.2, 0) is 0 Å². The lowest BCUT2D eigenvalue weighted by Crippen LogP contribution is -2.42. The second kappa shape index (κ2) is 3.74. The van der Waals surface area contributed by atoms with Gasteiger partial charge in [0.2, 0.25) is 6.17 Å². The van der Waals surface area contributed by atoms with Gasteiger partial charge in [-0.15, -0.1) is 0 Å². The van der Waals surface area contributed by atoms with Gasteiger partial charge in [0.05, 0.1) is 0 Å². The fourth-order valence-electron chi connectivity index (χ4n) is 1.67. The molecule has 0 bridgehead atoms. The van der Waals surface area contributed by atoms with E-state index in [1.807, 2.05) is 0 Å². The highest BCUT2D eigenvalue weighted by Gasteiger charge is 2.23. The number of hydrogen-bond donors (Lipinski definition) is 0. The lowest BCUT2D eigenvalue weighted by Gasteiger charge is -2.30. The molecule has 0 saturated heterocycles. The van der Waals surface area contributed by atoms with Crippen molar-refractivity contribution < 1.29 is 4.58 Å². The van der Waals surface area contributed by atoms with Gasteiger partial charge in [0.25, 0.3) is 0 Å². The van der Waals surface area contributed by atoms with Crippen molar-refractivity contribution in [3.8, 4) is 0 Å². The Bertz CT molecular complexity index is 216. The molecule has 2 nitrogen and oxygen atoms in total. The van der Waals surface area contributed by atoms with Crippen molar-refractivity contribution in [2.75, 3.05) is 13.6 Å². The molecule has 1 unspecified atom stereocenters. The molecule has 68 valence electrons. The third-order valence-electron chi connectivity index (χ3n) is 2.61. The van der Waals surface area contributed by atoms with E-state index in [1.54, 1.807) is 0 Å². The van der Waals surface area contributed by atoms with Gasteiger partial charge in [-0.25, -0.2) is 4.58 Å². The van der Waals surface area contributed by atoms with Crippen LogP contribution in [0.3, 0.4) is 0 Å². The molecule has 0 radical (unpaired) electrons. The predicted molar refractivity (Wildman–Crippen MR) is 52.5 cm³/mol. The Labute approximate surface area is 75.2 Å². The fourth-order valence-corrected chi connectivity index (χ4v) is 1.67. The molecule has 0 aromatic heterocycles. The van der Waals surface area contributed by atoms with Crippen molar-refractivity contribution >= 4 is 6.21 Å². The summed E-state index contributed by atoms with van der Waals surface area (Å²) in [5.41, 5.74) is 1.45. The van der Waals surface area contributed by atoms with Crippen LogP contribution in [-0.4, -0.2) is 35.4 Å². The standard InChI is InChI=1S/C10H19N2/c1-5-10-7-8-11(4)9(3)12(10)6-2/h7-9H,5-6H2,1-4H3/q+1. The Morgan fingerprint density at radius 2 is 2.17 bits per heavy atom. The third kappa shape index (κ3) is 1.52. The molecule has 0 spiro atoms. The summed E-state index contributed by atoms with van der Waals surface area (Å²) in [6.45, 7) is 7.75. The van der Waals surface area contributed by atoms with E-state index < -0.39 is 0 Å². The summed E-state index contributed by atoms with van der Waals surface area (Å²) in [7, 11) is 2.12. The maximum absolute atomic E-state index is 2.43. The van der Waals surface area contributed by atoms with E-state index in [4.69, 9.17) is 0 Å². The quantitative estimate of drug-likeness (QED) is 0.567. The maximum Gasteiger partial charge on any atom is 0.225 e.